The number of hydrogen-bond donors (Lipinski definition) is 2. The second-order valence-corrected chi connectivity index (χ2v) is 8.06. The van der Waals surface area contributed by atoms with Crippen molar-refractivity contribution in [3.63, 3.8) is 0 Å². The maximum atomic E-state index is 8.36. The maximum absolute atomic E-state index is 8.36. The molecule has 0 aromatic heterocycles. The lowest BCUT2D eigenvalue weighted by atomic mass is 9.97. The highest BCUT2D eigenvalue weighted by molar-refractivity contribution is 6.50. The van der Waals surface area contributed by atoms with Gasteiger partial charge in [0.15, 0.2) is 5.84 Å². The highest BCUT2D eigenvalue weighted by Gasteiger charge is 2.26. The van der Waals surface area contributed by atoms with Crippen molar-refractivity contribution in [2.75, 3.05) is 40.9 Å². The van der Waals surface area contributed by atoms with Crippen molar-refractivity contribution in [2.24, 2.45) is 10.9 Å². The summed E-state index contributed by atoms with van der Waals surface area (Å²) in [6.07, 6.45) is 3.95. The number of halogens is 2. The van der Waals surface area contributed by atoms with Gasteiger partial charge in [-0.1, -0.05) is 29.8 Å². The molecular weight excluding hydrogens is 411 g/mol. The van der Waals surface area contributed by atoms with Gasteiger partial charge in [0.05, 0.1) is 30.0 Å². The van der Waals surface area contributed by atoms with E-state index in [0.29, 0.717) is 56.7 Å². The van der Waals surface area contributed by atoms with Gasteiger partial charge >= 0.3 is 0 Å². The number of ether oxygens (including phenoxy) is 2. The molecule has 6 nitrogen and oxygen atoms in total. The fourth-order valence-corrected chi connectivity index (χ4v) is 4.17. The number of aliphatic imine (C=N–C) groups is 1. The molecule has 3 rings (SSSR count). The Morgan fingerprint density at radius 2 is 1.79 bits per heavy atom. The van der Waals surface area contributed by atoms with Crippen molar-refractivity contribution in [2.45, 2.75) is 12.8 Å². The minimum Gasteiger partial charge on any atom is -0.495 e. The first-order chi connectivity index (χ1) is 13.8. The number of nitrogens with zero attached hydrogens (tertiary/aromatic N) is 2. The van der Waals surface area contributed by atoms with E-state index in [1.807, 2.05) is 0 Å². The molecule has 1 saturated heterocycles. The van der Waals surface area contributed by atoms with Crippen molar-refractivity contribution < 1.29 is 9.47 Å². The first kappa shape index (κ1) is 21.7. The molecule has 2 N–H and O–H groups in total. The first-order valence-electron chi connectivity index (χ1n) is 9.46. The van der Waals surface area contributed by atoms with Gasteiger partial charge < -0.3 is 19.7 Å². The van der Waals surface area contributed by atoms with E-state index in [-0.39, 0.29) is 5.71 Å². The van der Waals surface area contributed by atoms with Crippen LogP contribution in [0.5, 0.6) is 11.5 Å². The third kappa shape index (κ3) is 4.60. The average molecular weight is 437 g/mol. The molecule has 0 atom stereocenters. The molecule has 2 heterocycles. The molecule has 1 aromatic carbocycles. The number of rotatable bonds is 5. The van der Waals surface area contributed by atoms with E-state index in [9.17, 15) is 0 Å². The number of hydrogen-bond acceptors (Lipinski definition) is 5. The summed E-state index contributed by atoms with van der Waals surface area (Å²) in [6.45, 7) is 6.81. The van der Waals surface area contributed by atoms with Crippen LogP contribution in [0.25, 0.3) is 5.70 Å². The molecular formula is C21H26Cl2N4O2. The second-order valence-electron chi connectivity index (χ2n) is 7.30. The van der Waals surface area contributed by atoms with Gasteiger partial charge in [-0.2, -0.15) is 0 Å². The molecule has 8 heteroatoms. The summed E-state index contributed by atoms with van der Waals surface area (Å²) in [5.74, 6) is 1.88. The van der Waals surface area contributed by atoms with Crippen LogP contribution in [0.3, 0.4) is 0 Å². The van der Waals surface area contributed by atoms with E-state index in [1.165, 1.54) is 14.2 Å². The molecule has 2 aliphatic heterocycles. The van der Waals surface area contributed by atoms with E-state index >= 15 is 0 Å². The van der Waals surface area contributed by atoms with E-state index in [0.717, 1.165) is 25.9 Å². The molecule has 0 aliphatic carbocycles. The second kappa shape index (κ2) is 9.20. The molecule has 156 valence electrons. The smallest absolute Gasteiger partial charge is 0.151 e. The Balaban J connectivity index is 1.91. The standard InChI is InChI=1S/C21H26Cl2N4O2/c1-12-9-14(17-18(22)15(28-3)10-16(29-4)19(17)23)26-21(20(12)24)25-11-13-5-7-27(2)8-6-13/h9-10,13,24H,1,5-8,11H2,2-4H3,(H,25,26). The van der Waals surface area contributed by atoms with Crippen LogP contribution < -0.4 is 14.8 Å². The Bertz CT molecular complexity index is 859. The minimum atomic E-state index is 0.267. The molecule has 0 radical (unpaired) electrons. The molecule has 0 unspecified atom stereocenters. The number of benzene rings is 1. The van der Waals surface area contributed by atoms with Gasteiger partial charge in [0.1, 0.15) is 17.2 Å². The van der Waals surface area contributed by atoms with E-state index in [2.05, 4.69) is 23.8 Å². The van der Waals surface area contributed by atoms with E-state index in [1.54, 1.807) is 12.1 Å². The molecule has 1 aromatic rings. The summed E-state index contributed by atoms with van der Waals surface area (Å²) in [5.41, 5.74) is 1.95. The van der Waals surface area contributed by atoms with Crippen LogP contribution in [-0.4, -0.2) is 57.3 Å². The predicted molar refractivity (Wildman–Crippen MR) is 120 cm³/mol. The first-order valence-corrected chi connectivity index (χ1v) is 10.2. The third-order valence-electron chi connectivity index (χ3n) is 5.32. The van der Waals surface area contributed by atoms with Crippen LogP contribution in [0.1, 0.15) is 18.4 Å². The normalized spacial score (nSPS) is 19.9. The van der Waals surface area contributed by atoms with Crippen molar-refractivity contribution in [1.82, 2.24) is 10.2 Å². The summed E-state index contributed by atoms with van der Waals surface area (Å²) >= 11 is 13.1. The Labute approximate surface area is 181 Å². The van der Waals surface area contributed by atoms with Gasteiger partial charge in [-0.3, -0.25) is 10.4 Å². The van der Waals surface area contributed by atoms with Gasteiger partial charge in [-0.15, -0.1) is 0 Å². The Hall–Kier alpha value is -2.02. The molecule has 0 saturated carbocycles. The van der Waals surface area contributed by atoms with Gasteiger partial charge in [0.2, 0.25) is 0 Å². The van der Waals surface area contributed by atoms with Crippen LogP contribution in [0.15, 0.2) is 29.3 Å². The van der Waals surface area contributed by atoms with Crippen LogP contribution >= 0.6 is 23.2 Å². The summed E-state index contributed by atoms with van der Waals surface area (Å²) in [4.78, 5) is 7.02. The number of piperidine rings is 1. The van der Waals surface area contributed by atoms with Gasteiger partial charge in [-0.05, 0) is 50.5 Å². The lowest BCUT2D eigenvalue weighted by molar-refractivity contribution is 0.224. The molecule has 0 spiro atoms. The number of nitrogens with one attached hydrogen (secondary N) is 2. The Morgan fingerprint density at radius 1 is 1.21 bits per heavy atom. The molecule has 0 amide bonds. The highest BCUT2D eigenvalue weighted by Crippen LogP contribution is 2.43. The molecule has 29 heavy (non-hydrogen) atoms. The predicted octanol–water partition coefficient (Wildman–Crippen LogP) is 4.27. The highest BCUT2D eigenvalue weighted by atomic mass is 35.5. The summed E-state index contributed by atoms with van der Waals surface area (Å²) < 4.78 is 10.7. The third-order valence-corrected chi connectivity index (χ3v) is 6.07. The van der Waals surface area contributed by atoms with Gasteiger partial charge in [0, 0.05) is 18.2 Å². The Kier molecular flexibility index (Phi) is 6.88. The van der Waals surface area contributed by atoms with Crippen LogP contribution in [0.4, 0.5) is 0 Å². The Morgan fingerprint density at radius 3 is 2.34 bits per heavy atom. The van der Waals surface area contributed by atoms with Crippen molar-refractivity contribution in [3.05, 3.63) is 39.9 Å². The fraction of sp³-hybridized carbons (Fsp3) is 0.429. The monoisotopic (exact) mass is 436 g/mol. The zero-order valence-corrected chi connectivity index (χ0v) is 18.5. The van der Waals surface area contributed by atoms with E-state index < -0.39 is 0 Å². The fourth-order valence-electron chi connectivity index (χ4n) is 3.46. The lowest BCUT2D eigenvalue weighted by Gasteiger charge is -2.28. The van der Waals surface area contributed by atoms with Crippen LogP contribution in [0.2, 0.25) is 10.0 Å². The van der Waals surface area contributed by atoms with E-state index in [4.69, 9.17) is 43.1 Å². The molecule has 1 fully saturated rings. The zero-order chi connectivity index (χ0) is 21.1. The number of methoxy groups -OCH3 is 2. The molecule has 0 bridgehead atoms. The summed E-state index contributed by atoms with van der Waals surface area (Å²) in [5, 5.41) is 12.3. The zero-order valence-electron chi connectivity index (χ0n) is 16.9. The number of allylic oxidation sites excluding steroid dienone is 1. The number of amidine groups is 1. The van der Waals surface area contributed by atoms with Crippen molar-refractivity contribution in [3.8, 4) is 11.5 Å². The van der Waals surface area contributed by atoms with Gasteiger partial charge in [0.25, 0.3) is 0 Å². The quantitative estimate of drug-likeness (QED) is 0.722. The van der Waals surface area contributed by atoms with Gasteiger partial charge in [-0.25, -0.2) is 0 Å². The largest absolute Gasteiger partial charge is 0.495 e. The molecule has 2 aliphatic rings. The van der Waals surface area contributed by atoms with Crippen molar-refractivity contribution >= 4 is 40.4 Å². The lowest BCUT2D eigenvalue weighted by Crippen LogP contribution is -2.36. The van der Waals surface area contributed by atoms with Crippen LogP contribution in [-0.2, 0) is 0 Å². The summed E-state index contributed by atoms with van der Waals surface area (Å²) in [7, 11) is 5.20. The SMILES string of the molecule is C=C1C=C(c2c(Cl)c(OC)cc(OC)c2Cl)NC(=NCC2CCN(C)CC2)C1=N. The average Bonchev–Trinajstić information content (AvgIpc) is 2.71. The summed E-state index contributed by atoms with van der Waals surface area (Å²) in [6, 6.07) is 1.64. The topological polar surface area (TPSA) is 69.9 Å². The van der Waals surface area contributed by atoms with Crippen molar-refractivity contribution in [1.29, 1.82) is 5.41 Å². The number of likely N-dealkylation sites (tertiary alicyclic amines) is 1. The van der Waals surface area contributed by atoms with Crippen LogP contribution in [0, 0.1) is 11.3 Å². The maximum Gasteiger partial charge on any atom is 0.151 e. The minimum absolute atomic E-state index is 0.267.